The van der Waals surface area contributed by atoms with Crippen LogP contribution in [0.2, 0.25) is 0 Å². The van der Waals surface area contributed by atoms with Crippen molar-refractivity contribution in [1.82, 2.24) is 5.32 Å². The van der Waals surface area contributed by atoms with Crippen LogP contribution in [0.3, 0.4) is 0 Å². The van der Waals surface area contributed by atoms with Crippen molar-refractivity contribution < 1.29 is 4.39 Å². The van der Waals surface area contributed by atoms with E-state index in [9.17, 15) is 4.39 Å². The minimum absolute atomic E-state index is 0.140. The highest BCUT2D eigenvalue weighted by Crippen LogP contribution is 2.34. The van der Waals surface area contributed by atoms with Crippen molar-refractivity contribution >= 4 is 18.5 Å². The molecule has 23 heavy (non-hydrogen) atoms. The number of thioether (sulfide) groups is 1. The van der Waals surface area contributed by atoms with Gasteiger partial charge in [0.2, 0.25) is 0 Å². The van der Waals surface area contributed by atoms with Crippen LogP contribution < -0.4 is 5.32 Å². The summed E-state index contributed by atoms with van der Waals surface area (Å²) in [6, 6.07) is 5.37. The number of hydrogen-bond acceptors (Lipinski definition) is 3. The van der Waals surface area contributed by atoms with E-state index in [0.29, 0.717) is 17.6 Å². The summed E-state index contributed by atoms with van der Waals surface area (Å²) >= 11 is 1.68. The number of hydrogen-bond donors (Lipinski definition) is 1. The Balaban J connectivity index is 2.96. The van der Waals surface area contributed by atoms with Crippen LogP contribution in [-0.4, -0.2) is 13.3 Å². The van der Waals surface area contributed by atoms with Crippen molar-refractivity contribution in [2.24, 2.45) is 16.8 Å². The minimum atomic E-state index is -0.140. The lowest BCUT2D eigenvalue weighted by Crippen LogP contribution is -2.12. The molecule has 1 N–H and O–H groups in total. The molecule has 4 heteroatoms. The first kappa shape index (κ1) is 19.9. The summed E-state index contributed by atoms with van der Waals surface area (Å²) in [6.45, 7) is 16.0. The zero-order valence-corrected chi connectivity index (χ0v) is 15.8. The molecule has 0 aliphatic rings. The number of rotatable bonds is 9. The largest absolute Gasteiger partial charge is 0.313 e. The first-order valence-corrected chi connectivity index (χ1v) is 9.20. The standard InChI is InChI=1S/C19H29FN2S/c1-7-22-11-15-8-9-17(20)16(10-15)12-23-19(14(4)5)18(21-6)13(2)3/h8-10,13-14,22H,6-7,11-12H2,1-5H3/b19-18-. The van der Waals surface area contributed by atoms with Gasteiger partial charge < -0.3 is 5.32 Å². The number of aliphatic imine (C=N–C) groups is 1. The van der Waals surface area contributed by atoms with E-state index in [2.05, 4.69) is 51.6 Å². The molecular weight excluding hydrogens is 307 g/mol. The van der Waals surface area contributed by atoms with Crippen LogP contribution in [-0.2, 0) is 12.3 Å². The smallest absolute Gasteiger partial charge is 0.127 e. The summed E-state index contributed by atoms with van der Waals surface area (Å²) < 4.78 is 14.1. The molecule has 0 saturated carbocycles. The van der Waals surface area contributed by atoms with Crippen molar-refractivity contribution in [3.63, 3.8) is 0 Å². The Labute approximate surface area is 144 Å². The molecule has 0 bridgehead atoms. The fraction of sp³-hybridized carbons (Fsp3) is 0.526. The third-order valence-corrected chi connectivity index (χ3v) is 5.01. The van der Waals surface area contributed by atoms with Gasteiger partial charge in [-0.15, -0.1) is 11.8 Å². The second-order valence-corrected chi connectivity index (χ2v) is 7.23. The SMILES string of the molecule is C=N/C(=C(\SCc1cc(CNCC)ccc1F)C(C)C)C(C)C. The molecule has 0 unspecified atom stereocenters. The summed E-state index contributed by atoms with van der Waals surface area (Å²) in [6.07, 6.45) is 0. The Morgan fingerprint density at radius 3 is 2.48 bits per heavy atom. The molecule has 0 aromatic heterocycles. The summed E-state index contributed by atoms with van der Waals surface area (Å²) in [7, 11) is 0. The fourth-order valence-electron chi connectivity index (χ4n) is 2.35. The lowest BCUT2D eigenvalue weighted by Gasteiger charge is -2.18. The van der Waals surface area contributed by atoms with E-state index in [0.717, 1.165) is 29.9 Å². The normalized spacial score (nSPS) is 12.7. The third-order valence-electron chi connectivity index (χ3n) is 3.57. The molecule has 0 radical (unpaired) electrons. The number of allylic oxidation sites excluding steroid dienone is 2. The molecule has 1 rings (SSSR count). The predicted molar refractivity (Wildman–Crippen MR) is 101 cm³/mol. The lowest BCUT2D eigenvalue weighted by molar-refractivity contribution is 0.615. The number of benzene rings is 1. The van der Waals surface area contributed by atoms with Gasteiger partial charge in [0.05, 0.1) is 5.70 Å². The van der Waals surface area contributed by atoms with E-state index in [1.54, 1.807) is 17.8 Å². The molecule has 0 spiro atoms. The highest BCUT2D eigenvalue weighted by molar-refractivity contribution is 8.02. The molecule has 0 saturated heterocycles. The zero-order valence-electron chi connectivity index (χ0n) is 14.9. The molecule has 0 fully saturated rings. The Hall–Kier alpha value is -1.13. The van der Waals surface area contributed by atoms with Crippen LogP contribution in [0.5, 0.6) is 0 Å². The van der Waals surface area contributed by atoms with Gasteiger partial charge in [0.25, 0.3) is 0 Å². The molecule has 128 valence electrons. The van der Waals surface area contributed by atoms with E-state index in [-0.39, 0.29) is 5.82 Å². The van der Waals surface area contributed by atoms with Crippen molar-refractivity contribution in [2.45, 2.75) is 46.9 Å². The van der Waals surface area contributed by atoms with E-state index < -0.39 is 0 Å². The molecule has 0 atom stereocenters. The molecular formula is C19H29FN2S. The summed E-state index contributed by atoms with van der Waals surface area (Å²) in [5.74, 6) is 1.15. The third kappa shape index (κ3) is 6.11. The minimum Gasteiger partial charge on any atom is -0.313 e. The first-order valence-electron chi connectivity index (χ1n) is 8.22. The summed E-state index contributed by atoms with van der Waals surface area (Å²) in [5.41, 5.74) is 2.88. The van der Waals surface area contributed by atoms with Gasteiger partial charge in [-0.25, -0.2) is 4.39 Å². The first-order chi connectivity index (χ1) is 10.9. The Morgan fingerprint density at radius 1 is 1.26 bits per heavy atom. The molecule has 1 aromatic carbocycles. The zero-order chi connectivity index (χ0) is 17.4. The van der Waals surface area contributed by atoms with Crippen LogP contribution in [0, 0.1) is 17.7 Å². The maximum Gasteiger partial charge on any atom is 0.127 e. The van der Waals surface area contributed by atoms with Crippen molar-refractivity contribution in [1.29, 1.82) is 0 Å². The molecule has 0 heterocycles. The monoisotopic (exact) mass is 336 g/mol. The van der Waals surface area contributed by atoms with Gasteiger partial charge >= 0.3 is 0 Å². The van der Waals surface area contributed by atoms with Gasteiger partial charge in [-0.05, 0) is 42.3 Å². The number of nitrogens with one attached hydrogen (secondary N) is 1. The number of halogens is 1. The van der Waals surface area contributed by atoms with Crippen LogP contribution in [0.4, 0.5) is 4.39 Å². The van der Waals surface area contributed by atoms with Crippen molar-refractivity contribution in [3.8, 4) is 0 Å². The fourth-order valence-corrected chi connectivity index (χ4v) is 3.67. The van der Waals surface area contributed by atoms with Gasteiger partial charge in [-0.1, -0.05) is 46.8 Å². The maximum absolute atomic E-state index is 14.1. The molecule has 1 aromatic rings. The second kappa shape index (κ2) is 9.89. The lowest BCUT2D eigenvalue weighted by atomic mass is 10.1. The Morgan fingerprint density at radius 2 is 1.96 bits per heavy atom. The van der Waals surface area contributed by atoms with E-state index in [4.69, 9.17) is 0 Å². The summed E-state index contributed by atoms with van der Waals surface area (Å²) in [4.78, 5) is 5.41. The second-order valence-electron chi connectivity index (χ2n) is 6.21. The Kier molecular flexibility index (Phi) is 8.56. The van der Waals surface area contributed by atoms with Crippen molar-refractivity contribution in [2.75, 3.05) is 6.54 Å². The van der Waals surface area contributed by atoms with Crippen LogP contribution >= 0.6 is 11.8 Å². The molecule has 0 aliphatic heterocycles. The van der Waals surface area contributed by atoms with Crippen molar-refractivity contribution in [3.05, 3.63) is 45.7 Å². The molecule has 0 amide bonds. The average Bonchev–Trinajstić information content (AvgIpc) is 2.50. The number of nitrogens with zero attached hydrogens (tertiary/aromatic N) is 1. The van der Waals surface area contributed by atoms with E-state index in [1.807, 2.05) is 12.1 Å². The molecule has 2 nitrogen and oxygen atoms in total. The highest BCUT2D eigenvalue weighted by Gasteiger charge is 2.15. The highest BCUT2D eigenvalue weighted by atomic mass is 32.2. The predicted octanol–water partition coefficient (Wildman–Crippen LogP) is 5.39. The maximum atomic E-state index is 14.1. The van der Waals surface area contributed by atoms with Crippen LogP contribution in [0.15, 0.2) is 33.8 Å². The topological polar surface area (TPSA) is 24.4 Å². The van der Waals surface area contributed by atoms with Crippen LogP contribution in [0.25, 0.3) is 0 Å². The van der Waals surface area contributed by atoms with Gasteiger partial charge in [0, 0.05) is 17.2 Å². The molecule has 0 aliphatic carbocycles. The van der Waals surface area contributed by atoms with Gasteiger partial charge in [-0.2, -0.15) is 0 Å². The van der Waals surface area contributed by atoms with E-state index >= 15 is 0 Å². The summed E-state index contributed by atoms with van der Waals surface area (Å²) in [5, 5.41) is 3.27. The Bertz CT molecular complexity index is 550. The average molecular weight is 337 g/mol. The van der Waals surface area contributed by atoms with Gasteiger partial charge in [0.15, 0.2) is 0 Å². The van der Waals surface area contributed by atoms with Crippen LogP contribution in [0.1, 0.15) is 45.7 Å². The van der Waals surface area contributed by atoms with E-state index in [1.165, 1.54) is 4.91 Å². The van der Waals surface area contributed by atoms with Gasteiger partial charge in [-0.3, -0.25) is 4.99 Å². The quantitative estimate of drug-likeness (QED) is 0.611. The van der Waals surface area contributed by atoms with Gasteiger partial charge in [0.1, 0.15) is 5.82 Å².